The maximum absolute atomic E-state index is 7.55. The van der Waals surface area contributed by atoms with Crippen LogP contribution in [0.1, 0.15) is 11.3 Å². The number of aromatic amines is 1. The Morgan fingerprint density at radius 3 is 2.55 bits per heavy atom. The van der Waals surface area contributed by atoms with Crippen LogP contribution in [0, 0.1) is 5.41 Å². The standard InChI is InChI=1S/C23H21N5O/c1-25-14-18(13-24)20-11-12-21-23(26-20)28-22(27-21)17-7-9-19(10-8-17)29-15-16-5-3-2-4-6-16/h2-14,24-25H,15H2,1H3,(H,26,27,28)/b18-14+,24-13?. The summed E-state index contributed by atoms with van der Waals surface area (Å²) in [5, 5.41) is 10.5. The number of nitrogens with one attached hydrogen (secondary N) is 3. The van der Waals surface area contributed by atoms with E-state index in [9.17, 15) is 0 Å². The van der Waals surface area contributed by atoms with Gasteiger partial charge >= 0.3 is 0 Å². The molecule has 0 aliphatic carbocycles. The fraction of sp³-hybridized carbons (Fsp3) is 0.0870. The Labute approximate surface area is 168 Å². The highest BCUT2D eigenvalue weighted by molar-refractivity contribution is 6.07. The summed E-state index contributed by atoms with van der Waals surface area (Å²) in [6, 6.07) is 21.7. The SMILES string of the molecule is CN/C=C(\C=N)c1ccc2nc(-c3ccc(OCc4ccccc4)cc3)[nH]c2n1. The number of hydrogen-bond acceptors (Lipinski definition) is 5. The number of rotatable bonds is 7. The van der Waals surface area contributed by atoms with Crippen molar-refractivity contribution < 1.29 is 4.74 Å². The molecule has 0 saturated carbocycles. The number of pyridine rings is 1. The monoisotopic (exact) mass is 383 g/mol. The molecule has 0 saturated heterocycles. The molecular weight excluding hydrogens is 362 g/mol. The van der Waals surface area contributed by atoms with Crippen LogP contribution in [-0.2, 0) is 6.61 Å². The van der Waals surface area contributed by atoms with Gasteiger partial charge in [0.25, 0.3) is 0 Å². The molecule has 0 radical (unpaired) electrons. The third-order valence-electron chi connectivity index (χ3n) is 4.47. The number of aromatic nitrogens is 3. The van der Waals surface area contributed by atoms with Crippen LogP contribution in [0.15, 0.2) is 72.9 Å². The van der Waals surface area contributed by atoms with Crippen molar-refractivity contribution in [2.24, 2.45) is 0 Å². The van der Waals surface area contributed by atoms with E-state index in [1.165, 1.54) is 6.21 Å². The lowest BCUT2D eigenvalue weighted by atomic mass is 10.2. The molecule has 0 unspecified atom stereocenters. The molecule has 0 aliphatic heterocycles. The minimum Gasteiger partial charge on any atom is -0.489 e. The predicted octanol–water partition coefficient (Wildman–Crippen LogP) is 4.41. The van der Waals surface area contributed by atoms with E-state index in [1.54, 1.807) is 13.2 Å². The molecule has 6 nitrogen and oxygen atoms in total. The maximum atomic E-state index is 7.55. The molecular formula is C23H21N5O. The van der Waals surface area contributed by atoms with Gasteiger partial charge in [-0.25, -0.2) is 9.97 Å². The molecule has 0 spiro atoms. The van der Waals surface area contributed by atoms with Gasteiger partial charge in [0.15, 0.2) is 5.65 Å². The molecule has 144 valence electrons. The number of H-pyrrole nitrogens is 1. The molecule has 0 atom stereocenters. The van der Waals surface area contributed by atoms with E-state index in [0.717, 1.165) is 28.2 Å². The van der Waals surface area contributed by atoms with E-state index in [0.29, 0.717) is 23.5 Å². The van der Waals surface area contributed by atoms with E-state index in [2.05, 4.69) is 20.3 Å². The summed E-state index contributed by atoms with van der Waals surface area (Å²) in [6.07, 6.45) is 3.02. The van der Waals surface area contributed by atoms with Gasteiger partial charge in [0, 0.05) is 30.6 Å². The van der Waals surface area contributed by atoms with Crippen molar-refractivity contribution in [1.82, 2.24) is 20.3 Å². The van der Waals surface area contributed by atoms with Gasteiger partial charge in [-0.3, -0.25) is 0 Å². The predicted molar refractivity (Wildman–Crippen MR) is 116 cm³/mol. The van der Waals surface area contributed by atoms with Crippen molar-refractivity contribution in [1.29, 1.82) is 5.41 Å². The van der Waals surface area contributed by atoms with Gasteiger partial charge in [0.2, 0.25) is 0 Å². The van der Waals surface area contributed by atoms with E-state index in [4.69, 9.17) is 10.1 Å². The Morgan fingerprint density at radius 1 is 1.03 bits per heavy atom. The smallest absolute Gasteiger partial charge is 0.158 e. The van der Waals surface area contributed by atoms with Crippen molar-refractivity contribution in [3.63, 3.8) is 0 Å². The van der Waals surface area contributed by atoms with Crippen LogP contribution in [0.3, 0.4) is 0 Å². The summed E-state index contributed by atoms with van der Waals surface area (Å²) < 4.78 is 5.84. The van der Waals surface area contributed by atoms with Crippen LogP contribution in [0.5, 0.6) is 5.75 Å². The Balaban J connectivity index is 1.53. The largest absolute Gasteiger partial charge is 0.489 e. The summed E-state index contributed by atoms with van der Waals surface area (Å²) >= 11 is 0. The quantitative estimate of drug-likeness (QED) is 0.413. The highest BCUT2D eigenvalue weighted by Crippen LogP contribution is 2.23. The van der Waals surface area contributed by atoms with Gasteiger partial charge in [-0.05, 0) is 42.0 Å². The van der Waals surface area contributed by atoms with Gasteiger partial charge in [0.1, 0.15) is 23.7 Å². The van der Waals surface area contributed by atoms with Crippen molar-refractivity contribution in [2.75, 3.05) is 7.05 Å². The zero-order chi connectivity index (χ0) is 20.1. The third-order valence-corrected chi connectivity index (χ3v) is 4.47. The van der Waals surface area contributed by atoms with E-state index in [1.807, 2.05) is 66.7 Å². The van der Waals surface area contributed by atoms with Crippen LogP contribution in [0.25, 0.3) is 28.1 Å². The Hall–Kier alpha value is -3.93. The molecule has 0 aliphatic rings. The first-order valence-corrected chi connectivity index (χ1v) is 9.29. The van der Waals surface area contributed by atoms with E-state index >= 15 is 0 Å². The Bertz CT molecular complexity index is 1150. The molecule has 2 aromatic carbocycles. The molecule has 0 amide bonds. The fourth-order valence-corrected chi connectivity index (χ4v) is 2.99. The first-order chi connectivity index (χ1) is 14.3. The van der Waals surface area contributed by atoms with Crippen LogP contribution >= 0.6 is 0 Å². The van der Waals surface area contributed by atoms with Crippen LogP contribution in [0.4, 0.5) is 0 Å². The maximum Gasteiger partial charge on any atom is 0.158 e. The number of allylic oxidation sites excluding steroid dienone is 1. The number of ether oxygens (including phenoxy) is 1. The molecule has 2 heterocycles. The normalized spacial score (nSPS) is 11.4. The van der Waals surface area contributed by atoms with Gasteiger partial charge in [0.05, 0.1) is 5.69 Å². The zero-order valence-corrected chi connectivity index (χ0v) is 16.0. The first-order valence-electron chi connectivity index (χ1n) is 9.29. The number of imidazole rings is 1. The number of hydrogen-bond donors (Lipinski definition) is 3. The van der Waals surface area contributed by atoms with Crippen molar-refractivity contribution >= 4 is 23.0 Å². The van der Waals surface area contributed by atoms with E-state index in [-0.39, 0.29) is 0 Å². The summed E-state index contributed by atoms with van der Waals surface area (Å²) in [5.41, 5.74) is 4.96. The number of benzene rings is 2. The third kappa shape index (κ3) is 4.16. The average Bonchev–Trinajstić information content (AvgIpc) is 3.20. The van der Waals surface area contributed by atoms with Gasteiger partial charge in [-0.2, -0.15) is 0 Å². The van der Waals surface area contributed by atoms with Gasteiger partial charge in [-0.1, -0.05) is 30.3 Å². The average molecular weight is 383 g/mol. The minimum absolute atomic E-state index is 0.535. The summed E-state index contributed by atoms with van der Waals surface area (Å²) in [7, 11) is 1.80. The minimum atomic E-state index is 0.535. The highest BCUT2D eigenvalue weighted by Gasteiger charge is 2.09. The Morgan fingerprint density at radius 2 is 1.83 bits per heavy atom. The Kier molecular flexibility index (Phi) is 5.33. The molecule has 4 rings (SSSR count). The fourth-order valence-electron chi connectivity index (χ4n) is 2.99. The summed E-state index contributed by atoms with van der Waals surface area (Å²) in [6.45, 7) is 0.535. The summed E-state index contributed by atoms with van der Waals surface area (Å²) in [4.78, 5) is 12.5. The number of nitrogens with zero attached hydrogens (tertiary/aromatic N) is 2. The van der Waals surface area contributed by atoms with Crippen molar-refractivity contribution in [2.45, 2.75) is 6.61 Å². The molecule has 2 aromatic heterocycles. The zero-order valence-electron chi connectivity index (χ0n) is 16.0. The topological polar surface area (TPSA) is 86.7 Å². The lowest BCUT2D eigenvalue weighted by Crippen LogP contribution is -1.98. The number of fused-ring (bicyclic) bond motifs is 1. The van der Waals surface area contributed by atoms with Gasteiger partial charge in [-0.15, -0.1) is 0 Å². The lowest BCUT2D eigenvalue weighted by molar-refractivity contribution is 0.306. The molecule has 3 N–H and O–H groups in total. The second-order valence-electron chi connectivity index (χ2n) is 6.48. The van der Waals surface area contributed by atoms with E-state index < -0.39 is 0 Å². The highest BCUT2D eigenvalue weighted by atomic mass is 16.5. The van der Waals surface area contributed by atoms with Crippen LogP contribution in [-0.4, -0.2) is 28.2 Å². The van der Waals surface area contributed by atoms with Gasteiger partial charge < -0.3 is 20.4 Å². The second kappa shape index (κ2) is 8.39. The first kappa shape index (κ1) is 18.4. The molecule has 6 heteroatoms. The second-order valence-corrected chi connectivity index (χ2v) is 6.48. The van der Waals surface area contributed by atoms with Crippen LogP contribution in [0.2, 0.25) is 0 Å². The van der Waals surface area contributed by atoms with Crippen molar-refractivity contribution in [3.8, 4) is 17.1 Å². The molecule has 0 fully saturated rings. The molecule has 4 aromatic rings. The lowest BCUT2D eigenvalue weighted by Gasteiger charge is -2.06. The molecule has 0 bridgehead atoms. The van der Waals surface area contributed by atoms with Crippen LogP contribution < -0.4 is 10.1 Å². The molecule has 29 heavy (non-hydrogen) atoms. The van der Waals surface area contributed by atoms with Crippen molar-refractivity contribution in [3.05, 3.63) is 84.2 Å². The summed E-state index contributed by atoms with van der Waals surface area (Å²) in [5.74, 6) is 1.55.